The van der Waals surface area contributed by atoms with Crippen LogP contribution in [0.1, 0.15) is 21.6 Å². The second kappa shape index (κ2) is 10.5. The topological polar surface area (TPSA) is 85.4 Å². The largest absolute Gasteiger partial charge is 0.493 e. The lowest BCUT2D eigenvalue weighted by Crippen LogP contribution is -2.15. The van der Waals surface area contributed by atoms with Crippen molar-refractivity contribution in [2.24, 2.45) is 0 Å². The summed E-state index contributed by atoms with van der Waals surface area (Å²) in [6, 6.07) is 10.1. The highest BCUT2D eigenvalue weighted by Crippen LogP contribution is 2.36. The van der Waals surface area contributed by atoms with Gasteiger partial charge >= 0.3 is 6.18 Å². The number of methoxy groups -OCH3 is 2. The zero-order valence-electron chi connectivity index (χ0n) is 19.4. The van der Waals surface area contributed by atoms with Crippen molar-refractivity contribution in [3.63, 3.8) is 0 Å². The van der Waals surface area contributed by atoms with Gasteiger partial charge in [-0.1, -0.05) is 11.6 Å². The minimum absolute atomic E-state index is 0.184. The fraction of sp³-hybridized carbons (Fsp3) is 0.160. The summed E-state index contributed by atoms with van der Waals surface area (Å²) in [6.45, 7) is 0.188. The highest BCUT2D eigenvalue weighted by atomic mass is 35.5. The molecule has 0 saturated carbocycles. The summed E-state index contributed by atoms with van der Waals surface area (Å²) in [5, 5.41) is 5.52. The Balaban J connectivity index is 1.55. The molecule has 37 heavy (non-hydrogen) atoms. The molecule has 0 fully saturated rings. The number of amides is 1. The minimum Gasteiger partial charge on any atom is -0.493 e. The number of benzene rings is 3. The summed E-state index contributed by atoms with van der Waals surface area (Å²) >= 11 is 5.61. The van der Waals surface area contributed by atoms with Crippen molar-refractivity contribution in [3.05, 3.63) is 82.5 Å². The van der Waals surface area contributed by atoms with E-state index in [1.807, 2.05) is 0 Å². The van der Waals surface area contributed by atoms with E-state index >= 15 is 0 Å². The molecular formula is C25H19ClF4N4O3. The number of nitrogens with zero attached hydrogens (tertiary/aromatic N) is 2. The summed E-state index contributed by atoms with van der Waals surface area (Å²) in [6.07, 6.45) is -3.33. The number of alkyl halides is 3. The summed E-state index contributed by atoms with van der Waals surface area (Å²) in [5.74, 6) is -0.786. The van der Waals surface area contributed by atoms with Crippen LogP contribution < -0.4 is 20.1 Å². The van der Waals surface area contributed by atoms with Gasteiger partial charge in [-0.3, -0.25) is 4.79 Å². The number of fused-ring (bicyclic) bond motifs is 1. The number of carbonyl (C=O) groups is 1. The standard InChI is InChI=1S/C25H19ClF4N4O3/c1-36-22-9-16-20(10-23(22)37-2)32-12-33-21(16)11-31-13-4-6-19(27)15(7-13)24(35)34-14-3-5-18(26)17(8-14)25(28,29)30/h3-10,12,31H,11H2,1-2H3,(H,34,35). The van der Waals surface area contributed by atoms with Gasteiger partial charge in [0.05, 0.1) is 48.1 Å². The van der Waals surface area contributed by atoms with Crippen molar-refractivity contribution in [2.45, 2.75) is 12.7 Å². The van der Waals surface area contributed by atoms with E-state index in [1.165, 1.54) is 38.7 Å². The molecule has 4 aromatic rings. The van der Waals surface area contributed by atoms with Crippen LogP contribution in [0, 0.1) is 5.82 Å². The summed E-state index contributed by atoms with van der Waals surface area (Å²) in [4.78, 5) is 21.2. The van der Waals surface area contributed by atoms with Gasteiger partial charge in [0.1, 0.15) is 12.1 Å². The SMILES string of the molecule is COc1cc2ncnc(CNc3ccc(F)c(C(=O)Nc4ccc(Cl)c(C(F)(F)F)c4)c3)c2cc1OC. The molecule has 0 saturated heterocycles. The van der Waals surface area contributed by atoms with E-state index in [9.17, 15) is 22.4 Å². The van der Waals surface area contributed by atoms with Gasteiger partial charge in [0.2, 0.25) is 0 Å². The number of halogens is 5. The van der Waals surface area contributed by atoms with E-state index in [-0.39, 0.29) is 17.8 Å². The Kier molecular flexibility index (Phi) is 7.35. The van der Waals surface area contributed by atoms with Gasteiger partial charge in [-0.05, 0) is 42.5 Å². The van der Waals surface area contributed by atoms with Crippen LogP contribution in [0.5, 0.6) is 11.5 Å². The van der Waals surface area contributed by atoms with Crippen LogP contribution in [-0.2, 0) is 12.7 Å². The molecule has 4 rings (SSSR count). The van der Waals surface area contributed by atoms with Crippen molar-refractivity contribution in [2.75, 3.05) is 24.9 Å². The van der Waals surface area contributed by atoms with Crippen LogP contribution in [0.2, 0.25) is 5.02 Å². The Hall–Kier alpha value is -4.12. The van der Waals surface area contributed by atoms with E-state index < -0.39 is 28.5 Å². The smallest absolute Gasteiger partial charge is 0.417 e. The molecular weight excluding hydrogens is 516 g/mol. The maximum Gasteiger partial charge on any atom is 0.417 e. The van der Waals surface area contributed by atoms with Crippen LogP contribution in [0.3, 0.4) is 0 Å². The molecule has 12 heteroatoms. The number of hydrogen-bond donors (Lipinski definition) is 2. The van der Waals surface area contributed by atoms with Gasteiger partial charge in [0.25, 0.3) is 5.91 Å². The van der Waals surface area contributed by atoms with Gasteiger partial charge in [0, 0.05) is 22.8 Å². The normalized spacial score (nSPS) is 11.3. The first kappa shape index (κ1) is 26.0. The molecule has 1 aromatic heterocycles. The Bertz CT molecular complexity index is 1480. The second-order valence-corrected chi connectivity index (χ2v) is 8.15. The lowest BCUT2D eigenvalue weighted by atomic mass is 10.1. The van der Waals surface area contributed by atoms with Gasteiger partial charge in [0.15, 0.2) is 11.5 Å². The third-order valence-electron chi connectivity index (χ3n) is 5.42. The number of hydrogen-bond acceptors (Lipinski definition) is 6. The lowest BCUT2D eigenvalue weighted by Gasteiger charge is -2.13. The fourth-order valence-corrected chi connectivity index (χ4v) is 3.82. The van der Waals surface area contributed by atoms with E-state index in [4.69, 9.17) is 21.1 Å². The molecule has 0 bridgehead atoms. The van der Waals surface area contributed by atoms with Crippen LogP contribution >= 0.6 is 11.6 Å². The second-order valence-electron chi connectivity index (χ2n) is 7.74. The number of ether oxygens (including phenoxy) is 2. The first-order valence-corrected chi connectivity index (χ1v) is 11.1. The first-order chi connectivity index (χ1) is 17.6. The Morgan fingerprint density at radius 1 is 0.973 bits per heavy atom. The first-order valence-electron chi connectivity index (χ1n) is 10.7. The fourth-order valence-electron chi connectivity index (χ4n) is 3.59. The lowest BCUT2D eigenvalue weighted by molar-refractivity contribution is -0.137. The maximum atomic E-state index is 14.4. The number of aromatic nitrogens is 2. The van der Waals surface area contributed by atoms with Crippen LogP contribution in [0.15, 0.2) is 54.9 Å². The molecule has 0 radical (unpaired) electrons. The molecule has 1 amide bonds. The van der Waals surface area contributed by atoms with Gasteiger partial charge in [-0.2, -0.15) is 13.2 Å². The molecule has 0 aliphatic heterocycles. The van der Waals surface area contributed by atoms with Gasteiger partial charge < -0.3 is 20.1 Å². The van der Waals surface area contributed by atoms with Crippen molar-refractivity contribution >= 4 is 39.8 Å². The molecule has 7 nitrogen and oxygen atoms in total. The van der Waals surface area contributed by atoms with Crippen LogP contribution in [0.25, 0.3) is 10.9 Å². The number of anilines is 2. The Morgan fingerprint density at radius 3 is 2.38 bits per heavy atom. The molecule has 0 spiro atoms. The number of rotatable bonds is 7. The van der Waals surface area contributed by atoms with E-state index in [1.54, 1.807) is 12.1 Å². The third-order valence-corrected chi connectivity index (χ3v) is 5.75. The van der Waals surface area contributed by atoms with Crippen LogP contribution in [-0.4, -0.2) is 30.1 Å². The molecule has 0 unspecified atom stereocenters. The predicted molar refractivity (Wildman–Crippen MR) is 131 cm³/mol. The molecule has 1 heterocycles. The van der Waals surface area contributed by atoms with E-state index in [0.29, 0.717) is 39.8 Å². The molecule has 3 aromatic carbocycles. The maximum absolute atomic E-state index is 14.4. The number of nitrogens with one attached hydrogen (secondary N) is 2. The van der Waals surface area contributed by atoms with E-state index in [2.05, 4.69) is 20.6 Å². The quantitative estimate of drug-likeness (QED) is 0.270. The molecule has 192 valence electrons. The van der Waals surface area contributed by atoms with Crippen molar-refractivity contribution in [1.82, 2.24) is 9.97 Å². The number of carbonyl (C=O) groups excluding carboxylic acids is 1. The Morgan fingerprint density at radius 2 is 1.68 bits per heavy atom. The summed E-state index contributed by atoms with van der Waals surface area (Å²) in [5.41, 5.74) is -0.0734. The zero-order chi connectivity index (χ0) is 26.7. The minimum atomic E-state index is -4.72. The third kappa shape index (κ3) is 5.67. The molecule has 0 aliphatic carbocycles. The van der Waals surface area contributed by atoms with Crippen molar-refractivity contribution in [1.29, 1.82) is 0 Å². The predicted octanol–water partition coefficient (Wildman–Crippen LogP) is 6.32. The van der Waals surface area contributed by atoms with Gasteiger partial charge in [-0.25, -0.2) is 14.4 Å². The summed E-state index contributed by atoms with van der Waals surface area (Å²) in [7, 11) is 3.02. The van der Waals surface area contributed by atoms with E-state index in [0.717, 1.165) is 12.1 Å². The molecule has 2 N–H and O–H groups in total. The highest BCUT2D eigenvalue weighted by molar-refractivity contribution is 6.31. The average Bonchev–Trinajstić information content (AvgIpc) is 2.87. The van der Waals surface area contributed by atoms with Crippen molar-refractivity contribution < 1.29 is 31.8 Å². The summed E-state index contributed by atoms with van der Waals surface area (Å²) < 4.78 is 64.4. The Labute approximate surface area is 213 Å². The van der Waals surface area contributed by atoms with Crippen molar-refractivity contribution in [3.8, 4) is 11.5 Å². The highest BCUT2D eigenvalue weighted by Gasteiger charge is 2.33. The zero-order valence-corrected chi connectivity index (χ0v) is 20.2. The average molecular weight is 535 g/mol. The van der Waals surface area contributed by atoms with Crippen LogP contribution in [0.4, 0.5) is 28.9 Å². The van der Waals surface area contributed by atoms with Gasteiger partial charge in [-0.15, -0.1) is 0 Å². The molecule has 0 aliphatic rings. The monoisotopic (exact) mass is 534 g/mol. The molecule has 0 atom stereocenters.